The molecule has 0 saturated heterocycles. The van der Waals surface area contributed by atoms with E-state index in [0.29, 0.717) is 11.4 Å². The highest BCUT2D eigenvalue weighted by Gasteiger charge is 2.25. The Morgan fingerprint density at radius 2 is 2.25 bits per heavy atom. The monoisotopic (exact) mass is 243 g/mol. The lowest BCUT2D eigenvalue weighted by molar-refractivity contribution is 0.383. The normalized spacial score (nSPS) is 17.3. The third-order valence-corrected chi connectivity index (χ3v) is 4.32. The SMILES string of the molecule is CNCc1cc(S(=O)(=O)NC2CCC2)c[nH]1. The Balaban J connectivity index is 2.08. The van der Waals surface area contributed by atoms with Gasteiger partial charge < -0.3 is 10.3 Å². The van der Waals surface area contributed by atoms with Gasteiger partial charge in [0, 0.05) is 24.5 Å². The Bertz CT molecular complexity index is 448. The zero-order chi connectivity index (χ0) is 11.6. The molecule has 1 aliphatic carbocycles. The van der Waals surface area contributed by atoms with Crippen molar-refractivity contribution in [2.24, 2.45) is 0 Å². The van der Waals surface area contributed by atoms with Gasteiger partial charge in [0.05, 0.1) is 4.90 Å². The first-order chi connectivity index (χ1) is 7.62. The van der Waals surface area contributed by atoms with Gasteiger partial charge in [-0.05, 0) is 26.0 Å². The summed E-state index contributed by atoms with van der Waals surface area (Å²) < 4.78 is 26.5. The fraction of sp³-hybridized carbons (Fsp3) is 0.600. The van der Waals surface area contributed by atoms with Crippen LogP contribution < -0.4 is 10.0 Å². The third kappa shape index (κ3) is 2.45. The number of aromatic amines is 1. The molecule has 5 nitrogen and oxygen atoms in total. The fourth-order valence-corrected chi connectivity index (χ4v) is 3.00. The molecule has 16 heavy (non-hydrogen) atoms. The predicted molar refractivity (Wildman–Crippen MR) is 61.5 cm³/mol. The Morgan fingerprint density at radius 1 is 1.50 bits per heavy atom. The number of hydrogen-bond donors (Lipinski definition) is 3. The zero-order valence-electron chi connectivity index (χ0n) is 9.29. The highest BCUT2D eigenvalue weighted by Crippen LogP contribution is 2.21. The first-order valence-electron chi connectivity index (χ1n) is 5.46. The minimum absolute atomic E-state index is 0.132. The van der Waals surface area contributed by atoms with Crippen LogP contribution in [0.25, 0.3) is 0 Å². The van der Waals surface area contributed by atoms with Gasteiger partial charge in [-0.1, -0.05) is 6.42 Å². The number of hydrogen-bond acceptors (Lipinski definition) is 3. The molecule has 90 valence electrons. The van der Waals surface area contributed by atoms with Crippen LogP contribution in [0.3, 0.4) is 0 Å². The molecule has 2 rings (SSSR count). The summed E-state index contributed by atoms with van der Waals surface area (Å²) in [4.78, 5) is 3.26. The molecule has 3 N–H and O–H groups in total. The molecule has 6 heteroatoms. The van der Waals surface area contributed by atoms with Crippen molar-refractivity contribution in [3.8, 4) is 0 Å². The van der Waals surface area contributed by atoms with Crippen LogP contribution in [0.2, 0.25) is 0 Å². The zero-order valence-corrected chi connectivity index (χ0v) is 10.1. The minimum Gasteiger partial charge on any atom is -0.363 e. The largest absolute Gasteiger partial charge is 0.363 e. The van der Waals surface area contributed by atoms with E-state index in [1.807, 2.05) is 7.05 Å². The predicted octanol–water partition coefficient (Wildman–Crippen LogP) is 0.565. The van der Waals surface area contributed by atoms with E-state index in [-0.39, 0.29) is 6.04 Å². The van der Waals surface area contributed by atoms with E-state index < -0.39 is 10.0 Å². The molecule has 1 saturated carbocycles. The molecule has 0 unspecified atom stereocenters. The minimum atomic E-state index is -3.33. The quantitative estimate of drug-likeness (QED) is 0.707. The topological polar surface area (TPSA) is 74.0 Å². The van der Waals surface area contributed by atoms with Crippen molar-refractivity contribution in [1.82, 2.24) is 15.0 Å². The van der Waals surface area contributed by atoms with Crippen LogP contribution in [0.15, 0.2) is 17.2 Å². The van der Waals surface area contributed by atoms with Gasteiger partial charge in [0.2, 0.25) is 10.0 Å². The Hall–Kier alpha value is -0.850. The van der Waals surface area contributed by atoms with Crippen molar-refractivity contribution in [1.29, 1.82) is 0 Å². The molecule has 0 atom stereocenters. The van der Waals surface area contributed by atoms with Crippen molar-refractivity contribution in [2.45, 2.75) is 36.7 Å². The second-order valence-electron chi connectivity index (χ2n) is 4.14. The molecule has 1 aromatic rings. The number of nitrogens with one attached hydrogen (secondary N) is 3. The first kappa shape index (κ1) is 11.6. The average Bonchev–Trinajstić information content (AvgIpc) is 2.62. The van der Waals surface area contributed by atoms with Crippen LogP contribution in [-0.4, -0.2) is 26.5 Å². The Kier molecular flexibility index (Phi) is 3.32. The van der Waals surface area contributed by atoms with Crippen molar-refractivity contribution >= 4 is 10.0 Å². The molecular formula is C10H17N3O2S. The molecule has 0 radical (unpaired) electrons. The average molecular weight is 243 g/mol. The lowest BCUT2D eigenvalue weighted by Gasteiger charge is -2.25. The summed E-state index contributed by atoms with van der Waals surface area (Å²) in [5.74, 6) is 0. The lowest BCUT2D eigenvalue weighted by atomic mass is 9.94. The summed E-state index contributed by atoms with van der Waals surface area (Å²) >= 11 is 0. The van der Waals surface area contributed by atoms with Gasteiger partial charge in [0.15, 0.2) is 0 Å². The lowest BCUT2D eigenvalue weighted by Crippen LogP contribution is -2.39. The van der Waals surface area contributed by atoms with Gasteiger partial charge in [-0.3, -0.25) is 0 Å². The Labute approximate surface area is 95.7 Å². The van der Waals surface area contributed by atoms with Gasteiger partial charge in [0.25, 0.3) is 0 Å². The number of rotatable bonds is 5. The molecule has 1 aromatic heterocycles. The second-order valence-corrected chi connectivity index (χ2v) is 5.85. The van der Waals surface area contributed by atoms with Crippen LogP contribution >= 0.6 is 0 Å². The molecule has 1 fully saturated rings. The van der Waals surface area contributed by atoms with Crippen LogP contribution in [0.5, 0.6) is 0 Å². The number of sulfonamides is 1. The summed E-state index contributed by atoms with van der Waals surface area (Å²) in [7, 11) is -1.51. The number of aromatic nitrogens is 1. The van der Waals surface area contributed by atoms with Gasteiger partial charge >= 0.3 is 0 Å². The molecule has 0 bridgehead atoms. The Morgan fingerprint density at radius 3 is 2.81 bits per heavy atom. The molecular weight excluding hydrogens is 226 g/mol. The van der Waals surface area contributed by atoms with E-state index in [1.165, 1.54) is 6.20 Å². The molecule has 0 amide bonds. The first-order valence-corrected chi connectivity index (χ1v) is 6.94. The summed E-state index contributed by atoms with van der Waals surface area (Å²) in [5, 5.41) is 2.97. The van der Waals surface area contributed by atoms with E-state index >= 15 is 0 Å². The van der Waals surface area contributed by atoms with Crippen LogP contribution in [0.4, 0.5) is 0 Å². The maximum atomic E-state index is 11.9. The van der Waals surface area contributed by atoms with Gasteiger partial charge in [-0.2, -0.15) is 0 Å². The van der Waals surface area contributed by atoms with Crippen LogP contribution in [0.1, 0.15) is 25.0 Å². The van der Waals surface area contributed by atoms with E-state index in [9.17, 15) is 8.42 Å². The fourth-order valence-electron chi connectivity index (χ4n) is 1.68. The molecule has 1 aliphatic rings. The van der Waals surface area contributed by atoms with Crippen LogP contribution in [0, 0.1) is 0 Å². The highest BCUT2D eigenvalue weighted by atomic mass is 32.2. The highest BCUT2D eigenvalue weighted by molar-refractivity contribution is 7.89. The molecule has 0 aliphatic heterocycles. The van der Waals surface area contributed by atoms with Gasteiger partial charge in [-0.15, -0.1) is 0 Å². The maximum absolute atomic E-state index is 11.9. The van der Waals surface area contributed by atoms with E-state index in [0.717, 1.165) is 25.0 Å². The summed E-state index contributed by atoms with van der Waals surface area (Å²) in [6, 6.07) is 1.80. The summed E-state index contributed by atoms with van der Waals surface area (Å²) in [6.45, 7) is 0.638. The molecule has 0 spiro atoms. The van der Waals surface area contributed by atoms with E-state index in [1.54, 1.807) is 6.07 Å². The molecule has 0 aromatic carbocycles. The van der Waals surface area contributed by atoms with Crippen molar-refractivity contribution in [2.75, 3.05) is 7.05 Å². The third-order valence-electron chi connectivity index (χ3n) is 2.82. The van der Waals surface area contributed by atoms with Gasteiger partial charge in [-0.25, -0.2) is 13.1 Å². The van der Waals surface area contributed by atoms with Crippen molar-refractivity contribution in [3.05, 3.63) is 18.0 Å². The maximum Gasteiger partial charge on any atom is 0.242 e. The number of H-pyrrole nitrogens is 1. The smallest absolute Gasteiger partial charge is 0.242 e. The van der Waals surface area contributed by atoms with E-state index in [4.69, 9.17) is 0 Å². The van der Waals surface area contributed by atoms with Crippen molar-refractivity contribution in [3.63, 3.8) is 0 Å². The van der Waals surface area contributed by atoms with Crippen molar-refractivity contribution < 1.29 is 8.42 Å². The van der Waals surface area contributed by atoms with E-state index in [2.05, 4.69) is 15.0 Å². The summed E-state index contributed by atoms with van der Waals surface area (Å²) in [6.07, 6.45) is 4.55. The van der Waals surface area contributed by atoms with Crippen LogP contribution in [-0.2, 0) is 16.6 Å². The molecule has 1 heterocycles. The second kappa shape index (κ2) is 4.57. The standard InChI is InChI=1S/C10H17N3O2S/c1-11-6-9-5-10(7-12-9)16(14,15)13-8-3-2-4-8/h5,7-8,11-13H,2-4,6H2,1H3. The van der Waals surface area contributed by atoms with Gasteiger partial charge in [0.1, 0.15) is 0 Å². The summed E-state index contributed by atoms with van der Waals surface area (Å²) in [5.41, 5.74) is 0.872.